The number of nitrogens with zero attached hydrogens (tertiary/aromatic N) is 1. The second kappa shape index (κ2) is 4.29. The highest BCUT2D eigenvalue weighted by Crippen LogP contribution is 2.52. The van der Waals surface area contributed by atoms with Crippen LogP contribution in [-0.4, -0.2) is 34.6 Å². The number of carbonyl (C=O) groups is 1. The second-order valence-electron chi connectivity index (χ2n) is 7.38. The molecule has 1 atom stereocenters. The third-order valence-electron chi connectivity index (χ3n) is 5.38. The minimum absolute atomic E-state index is 0.0431. The first kappa shape index (κ1) is 14.5. The second-order valence-corrected chi connectivity index (χ2v) is 7.38. The van der Waals surface area contributed by atoms with Gasteiger partial charge in [0, 0.05) is 24.1 Å². The molecule has 4 heteroatoms. The lowest BCUT2D eigenvalue weighted by molar-refractivity contribution is -0.133. The zero-order valence-corrected chi connectivity index (χ0v) is 12.8. The van der Waals surface area contributed by atoms with Crippen LogP contribution in [0.15, 0.2) is 24.3 Å². The van der Waals surface area contributed by atoms with Crippen molar-refractivity contribution in [1.29, 1.82) is 0 Å². The Hall–Kier alpha value is -1.42. The number of likely N-dealkylation sites (tertiary alicyclic amines) is 1. The summed E-state index contributed by atoms with van der Waals surface area (Å²) < 4.78 is 14.1. The summed E-state index contributed by atoms with van der Waals surface area (Å²) in [7, 11) is 0. The smallest absolute Gasteiger partial charge is 0.233 e. The Morgan fingerprint density at radius 1 is 1.19 bits per heavy atom. The molecule has 1 saturated carbocycles. The Labute approximate surface area is 124 Å². The van der Waals surface area contributed by atoms with Crippen molar-refractivity contribution in [3.63, 3.8) is 0 Å². The zero-order valence-electron chi connectivity index (χ0n) is 12.8. The molecule has 1 heterocycles. The third-order valence-corrected chi connectivity index (χ3v) is 5.38. The molecule has 2 fully saturated rings. The summed E-state index contributed by atoms with van der Waals surface area (Å²) in [5.41, 5.74) is -1.47. The van der Waals surface area contributed by atoms with Crippen molar-refractivity contribution in [2.75, 3.05) is 13.1 Å². The summed E-state index contributed by atoms with van der Waals surface area (Å²) >= 11 is 0. The fraction of sp³-hybridized carbons (Fsp3) is 0.588. The van der Waals surface area contributed by atoms with E-state index in [4.69, 9.17) is 0 Å². The van der Waals surface area contributed by atoms with Gasteiger partial charge in [-0.3, -0.25) is 4.79 Å². The Bertz CT molecular complexity index is 574. The minimum atomic E-state index is -0.909. The summed E-state index contributed by atoms with van der Waals surface area (Å²) in [4.78, 5) is 14.6. The lowest BCUT2D eigenvalue weighted by Gasteiger charge is -2.30. The molecule has 1 N–H and O–H groups in total. The van der Waals surface area contributed by atoms with E-state index in [1.54, 1.807) is 30.0 Å². The van der Waals surface area contributed by atoms with Crippen molar-refractivity contribution in [3.05, 3.63) is 35.6 Å². The molecule has 1 aliphatic carbocycles. The van der Waals surface area contributed by atoms with Crippen molar-refractivity contribution >= 4 is 5.91 Å². The fourth-order valence-corrected chi connectivity index (χ4v) is 3.31. The van der Waals surface area contributed by atoms with Crippen molar-refractivity contribution in [3.8, 4) is 0 Å². The molecule has 0 aromatic heterocycles. The van der Waals surface area contributed by atoms with Crippen LogP contribution in [0.25, 0.3) is 0 Å². The number of halogens is 1. The molecule has 2 aliphatic rings. The number of aliphatic hydroxyl groups is 1. The molecule has 1 aromatic carbocycles. The SMILES string of the molecule is CC1(C)CN(C(=O)C2(c3ccccc3F)CC2)C[C@]1(C)O. The molecule has 21 heavy (non-hydrogen) atoms. The standard InChI is InChI=1S/C17H22FNO2/c1-15(2)10-19(11-16(15,3)21)14(20)17(8-9-17)12-6-4-5-7-13(12)18/h4-7,21H,8-11H2,1-3H3/t16-/m0/s1. The fourth-order valence-electron chi connectivity index (χ4n) is 3.31. The molecule has 114 valence electrons. The minimum Gasteiger partial charge on any atom is -0.388 e. The molecule has 0 bridgehead atoms. The normalized spacial score (nSPS) is 29.5. The van der Waals surface area contributed by atoms with E-state index in [-0.39, 0.29) is 17.1 Å². The molecule has 0 radical (unpaired) electrons. The zero-order chi connectivity index (χ0) is 15.5. The number of rotatable bonds is 2. The van der Waals surface area contributed by atoms with E-state index in [0.29, 0.717) is 31.5 Å². The molecule has 1 amide bonds. The van der Waals surface area contributed by atoms with Crippen molar-refractivity contribution < 1.29 is 14.3 Å². The quantitative estimate of drug-likeness (QED) is 0.909. The van der Waals surface area contributed by atoms with Gasteiger partial charge < -0.3 is 10.0 Å². The van der Waals surface area contributed by atoms with Crippen molar-refractivity contribution in [1.82, 2.24) is 4.90 Å². The molecule has 0 unspecified atom stereocenters. The summed E-state index contributed by atoms with van der Waals surface area (Å²) in [6, 6.07) is 6.53. The highest BCUT2D eigenvalue weighted by molar-refractivity contribution is 5.91. The van der Waals surface area contributed by atoms with Crippen molar-refractivity contribution in [2.24, 2.45) is 5.41 Å². The average molecular weight is 291 g/mol. The molecule has 1 aromatic rings. The van der Waals surface area contributed by atoms with Crippen LogP contribution >= 0.6 is 0 Å². The number of β-amino-alcohol motifs (C(OH)–C–C–N with tert-alkyl or cyclic N) is 1. The Kier molecular flexibility index (Phi) is 2.97. The van der Waals surface area contributed by atoms with E-state index in [1.165, 1.54) is 6.07 Å². The number of amides is 1. The van der Waals surface area contributed by atoms with Gasteiger partial charge in [-0.1, -0.05) is 32.0 Å². The van der Waals surface area contributed by atoms with Gasteiger partial charge in [0.1, 0.15) is 5.82 Å². The number of hydrogen-bond acceptors (Lipinski definition) is 2. The van der Waals surface area contributed by atoms with Gasteiger partial charge in [-0.2, -0.15) is 0 Å². The highest BCUT2D eigenvalue weighted by atomic mass is 19.1. The van der Waals surface area contributed by atoms with E-state index < -0.39 is 11.0 Å². The van der Waals surface area contributed by atoms with Crippen LogP contribution in [0.5, 0.6) is 0 Å². The number of benzene rings is 1. The predicted molar refractivity (Wildman–Crippen MR) is 78.3 cm³/mol. The average Bonchev–Trinajstić information content (AvgIpc) is 3.14. The van der Waals surface area contributed by atoms with E-state index in [0.717, 1.165) is 0 Å². The van der Waals surface area contributed by atoms with E-state index in [1.807, 2.05) is 13.8 Å². The largest absolute Gasteiger partial charge is 0.388 e. The van der Waals surface area contributed by atoms with Crippen LogP contribution in [0.4, 0.5) is 4.39 Å². The molecule has 0 spiro atoms. The van der Waals surface area contributed by atoms with E-state index in [2.05, 4.69) is 0 Å². The summed E-state index contributed by atoms with van der Waals surface area (Å²) in [6.07, 6.45) is 1.37. The van der Waals surface area contributed by atoms with E-state index in [9.17, 15) is 14.3 Å². The summed E-state index contributed by atoms with van der Waals surface area (Å²) in [5, 5.41) is 10.5. The highest BCUT2D eigenvalue weighted by Gasteiger charge is 2.58. The molecular formula is C17H22FNO2. The van der Waals surface area contributed by atoms with Crippen LogP contribution in [0.3, 0.4) is 0 Å². The van der Waals surface area contributed by atoms with Gasteiger partial charge in [-0.25, -0.2) is 4.39 Å². The van der Waals surface area contributed by atoms with Gasteiger partial charge in [0.25, 0.3) is 0 Å². The monoisotopic (exact) mass is 291 g/mol. The van der Waals surface area contributed by atoms with Crippen LogP contribution in [0, 0.1) is 11.2 Å². The first-order chi connectivity index (χ1) is 9.70. The first-order valence-electron chi connectivity index (χ1n) is 7.46. The molecule has 1 aliphatic heterocycles. The van der Waals surface area contributed by atoms with Crippen molar-refractivity contribution in [2.45, 2.75) is 44.6 Å². The van der Waals surface area contributed by atoms with Gasteiger partial charge in [-0.15, -0.1) is 0 Å². The van der Waals surface area contributed by atoms with Gasteiger partial charge in [0.05, 0.1) is 11.0 Å². The lowest BCUT2D eigenvalue weighted by Crippen LogP contribution is -2.41. The van der Waals surface area contributed by atoms with E-state index >= 15 is 0 Å². The molecule has 1 saturated heterocycles. The van der Waals surface area contributed by atoms with Crippen LogP contribution in [-0.2, 0) is 10.2 Å². The Balaban J connectivity index is 1.89. The molecular weight excluding hydrogens is 269 g/mol. The Morgan fingerprint density at radius 3 is 2.29 bits per heavy atom. The van der Waals surface area contributed by atoms with Crippen LogP contribution in [0.1, 0.15) is 39.2 Å². The number of hydrogen-bond donors (Lipinski definition) is 1. The van der Waals surface area contributed by atoms with Crippen LogP contribution in [0.2, 0.25) is 0 Å². The number of carbonyl (C=O) groups excluding carboxylic acids is 1. The maximum Gasteiger partial charge on any atom is 0.233 e. The summed E-state index contributed by atoms with van der Waals surface area (Å²) in [5.74, 6) is -0.355. The molecule has 3 rings (SSSR count). The first-order valence-corrected chi connectivity index (χ1v) is 7.46. The Morgan fingerprint density at radius 2 is 1.81 bits per heavy atom. The van der Waals surface area contributed by atoms with Gasteiger partial charge >= 0.3 is 0 Å². The lowest BCUT2D eigenvalue weighted by atomic mass is 9.79. The topological polar surface area (TPSA) is 40.5 Å². The predicted octanol–water partition coefficient (Wildman–Crippen LogP) is 2.48. The van der Waals surface area contributed by atoms with Gasteiger partial charge in [0.15, 0.2) is 0 Å². The van der Waals surface area contributed by atoms with Gasteiger partial charge in [0.2, 0.25) is 5.91 Å². The maximum atomic E-state index is 14.1. The summed E-state index contributed by atoms with van der Waals surface area (Å²) in [6.45, 7) is 6.51. The maximum absolute atomic E-state index is 14.1. The van der Waals surface area contributed by atoms with Gasteiger partial charge in [-0.05, 0) is 25.8 Å². The van der Waals surface area contributed by atoms with Crippen LogP contribution < -0.4 is 0 Å². The molecule has 3 nitrogen and oxygen atoms in total. The third kappa shape index (κ3) is 2.08.